The number of hydrogen-bond acceptors (Lipinski definition) is 5. The zero-order valence-electron chi connectivity index (χ0n) is 17.0. The quantitative estimate of drug-likeness (QED) is 0.708. The molecule has 2 aliphatic rings. The average molecular weight is 404 g/mol. The molecule has 0 radical (unpaired) electrons. The standard InChI is InChI=1S/C21H25FN2O5/c1-13-9-23(20(27)29-21(2,3)4)10-14(12-28-13)17(22)11-24-18(25)15-7-5-6-8-16(15)19(24)26/h5-8,13H,9-12H2,1-4H3/b17-14+/t13-/m1/s1. The summed E-state index contributed by atoms with van der Waals surface area (Å²) in [6, 6.07) is 6.39. The Morgan fingerprint density at radius 1 is 1.21 bits per heavy atom. The number of halogens is 1. The van der Waals surface area contributed by atoms with Crippen molar-refractivity contribution in [3.05, 3.63) is 46.8 Å². The zero-order chi connectivity index (χ0) is 21.3. The summed E-state index contributed by atoms with van der Waals surface area (Å²) < 4.78 is 26.0. The van der Waals surface area contributed by atoms with Crippen molar-refractivity contribution < 1.29 is 28.2 Å². The minimum atomic E-state index is -0.684. The maximum atomic E-state index is 15.1. The first-order valence-corrected chi connectivity index (χ1v) is 9.48. The van der Waals surface area contributed by atoms with E-state index < -0.39 is 35.9 Å². The van der Waals surface area contributed by atoms with Gasteiger partial charge in [-0.1, -0.05) is 12.1 Å². The fraction of sp³-hybridized carbons (Fsp3) is 0.476. The number of nitrogens with zero attached hydrogens (tertiary/aromatic N) is 2. The van der Waals surface area contributed by atoms with Crippen LogP contribution < -0.4 is 0 Å². The van der Waals surface area contributed by atoms with Crippen molar-refractivity contribution in [2.24, 2.45) is 0 Å². The van der Waals surface area contributed by atoms with Crippen molar-refractivity contribution in [2.45, 2.75) is 39.4 Å². The third-order valence-corrected chi connectivity index (χ3v) is 4.61. The second-order valence-electron chi connectivity index (χ2n) is 8.23. The molecule has 0 saturated carbocycles. The summed E-state index contributed by atoms with van der Waals surface area (Å²) in [4.78, 5) is 39.7. The van der Waals surface area contributed by atoms with Crippen molar-refractivity contribution in [3.63, 3.8) is 0 Å². The zero-order valence-corrected chi connectivity index (χ0v) is 17.0. The molecule has 1 fully saturated rings. The van der Waals surface area contributed by atoms with E-state index in [-0.39, 0.29) is 42.5 Å². The number of benzene rings is 1. The molecule has 0 spiro atoms. The van der Waals surface area contributed by atoms with Crippen LogP contribution in [0, 0.1) is 0 Å². The van der Waals surface area contributed by atoms with E-state index in [1.54, 1.807) is 52.0 Å². The highest BCUT2D eigenvalue weighted by Crippen LogP contribution is 2.25. The van der Waals surface area contributed by atoms with Crippen molar-refractivity contribution in [3.8, 4) is 0 Å². The Labute approximate surface area is 169 Å². The lowest BCUT2D eigenvalue weighted by Gasteiger charge is -2.27. The summed E-state index contributed by atoms with van der Waals surface area (Å²) in [7, 11) is 0. The summed E-state index contributed by atoms with van der Waals surface area (Å²) in [5.41, 5.74) is 0.0420. The maximum absolute atomic E-state index is 15.1. The Morgan fingerprint density at radius 3 is 2.34 bits per heavy atom. The topological polar surface area (TPSA) is 76.2 Å². The Morgan fingerprint density at radius 2 is 1.79 bits per heavy atom. The number of fused-ring (bicyclic) bond motifs is 1. The summed E-state index contributed by atoms with van der Waals surface area (Å²) in [5.74, 6) is -1.73. The molecule has 0 aromatic heterocycles. The molecule has 156 valence electrons. The van der Waals surface area contributed by atoms with Gasteiger partial charge in [0.2, 0.25) is 0 Å². The summed E-state index contributed by atoms with van der Waals surface area (Å²) >= 11 is 0. The number of imide groups is 1. The Hall–Kier alpha value is -2.74. The van der Waals surface area contributed by atoms with Gasteiger partial charge in [0.05, 0.1) is 43.5 Å². The lowest BCUT2D eigenvalue weighted by Crippen LogP contribution is -2.40. The van der Waals surface area contributed by atoms with Gasteiger partial charge >= 0.3 is 6.09 Å². The van der Waals surface area contributed by atoms with E-state index in [1.165, 1.54) is 4.90 Å². The summed E-state index contributed by atoms with van der Waals surface area (Å²) in [5, 5.41) is 0. The van der Waals surface area contributed by atoms with Crippen LogP contribution in [0.15, 0.2) is 35.7 Å². The molecule has 1 aromatic carbocycles. The van der Waals surface area contributed by atoms with E-state index in [2.05, 4.69) is 0 Å². The Bertz CT molecular complexity index is 839. The van der Waals surface area contributed by atoms with Gasteiger partial charge in [0.1, 0.15) is 11.4 Å². The predicted octanol–water partition coefficient (Wildman–Crippen LogP) is 3.16. The van der Waals surface area contributed by atoms with Crippen molar-refractivity contribution >= 4 is 17.9 Å². The molecule has 1 aromatic rings. The molecule has 1 atom stereocenters. The normalized spacial score (nSPS) is 21.8. The van der Waals surface area contributed by atoms with Gasteiger partial charge in [0.25, 0.3) is 11.8 Å². The number of carbonyl (C=O) groups is 3. The highest BCUT2D eigenvalue weighted by Gasteiger charge is 2.36. The van der Waals surface area contributed by atoms with Gasteiger partial charge in [-0.15, -0.1) is 0 Å². The minimum absolute atomic E-state index is 0.0323. The molecule has 0 unspecified atom stereocenters. The third-order valence-electron chi connectivity index (χ3n) is 4.61. The second-order valence-corrected chi connectivity index (χ2v) is 8.23. The van der Waals surface area contributed by atoms with E-state index in [4.69, 9.17) is 9.47 Å². The Kier molecular flexibility index (Phi) is 5.75. The van der Waals surface area contributed by atoms with Crippen molar-refractivity contribution in [2.75, 3.05) is 26.2 Å². The van der Waals surface area contributed by atoms with Crippen LogP contribution in [0.4, 0.5) is 9.18 Å². The van der Waals surface area contributed by atoms with Gasteiger partial charge in [0, 0.05) is 5.57 Å². The van der Waals surface area contributed by atoms with Crippen LogP contribution in [0.1, 0.15) is 48.4 Å². The first-order valence-electron chi connectivity index (χ1n) is 9.48. The Balaban J connectivity index is 1.79. The molecule has 0 aliphatic carbocycles. The highest BCUT2D eigenvalue weighted by atomic mass is 19.1. The molecule has 8 heteroatoms. The number of rotatable bonds is 2. The monoisotopic (exact) mass is 404 g/mol. The summed E-state index contributed by atoms with van der Waals surface area (Å²) in [6.07, 6.45) is -0.881. The van der Waals surface area contributed by atoms with Gasteiger partial charge in [0.15, 0.2) is 0 Å². The molecule has 2 heterocycles. The molecule has 1 saturated heterocycles. The SMILES string of the molecule is C[C@@H]1CN(C(=O)OC(C)(C)C)C/C(=C(\F)CN2C(=O)c3ccccc3C2=O)CO1. The van der Waals surface area contributed by atoms with Crippen LogP contribution in [-0.2, 0) is 9.47 Å². The molecule has 29 heavy (non-hydrogen) atoms. The van der Waals surface area contributed by atoms with Gasteiger partial charge in [-0.05, 0) is 39.8 Å². The highest BCUT2D eigenvalue weighted by molar-refractivity contribution is 6.21. The maximum Gasteiger partial charge on any atom is 0.410 e. The smallest absolute Gasteiger partial charge is 0.410 e. The molecule has 0 N–H and O–H groups in total. The fourth-order valence-corrected chi connectivity index (χ4v) is 3.21. The molecule has 7 nitrogen and oxygen atoms in total. The first kappa shape index (κ1) is 21.0. The average Bonchev–Trinajstić information content (AvgIpc) is 2.79. The van der Waals surface area contributed by atoms with Crippen LogP contribution in [0.25, 0.3) is 0 Å². The lowest BCUT2D eigenvalue weighted by atomic mass is 10.1. The van der Waals surface area contributed by atoms with E-state index in [1.807, 2.05) is 0 Å². The molecular formula is C21H25FN2O5. The largest absolute Gasteiger partial charge is 0.444 e. The van der Waals surface area contributed by atoms with E-state index in [0.29, 0.717) is 0 Å². The van der Waals surface area contributed by atoms with E-state index in [9.17, 15) is 14.4 Å². The second kappa shape index (κ2) is 7.94. The molecule has 2 aliphatic heterocycles. The van der Waals surface area contributed by atoms with Gasteiger partial charge in [-0.2, -0.15) is 0 Å². The third kappa shape index (κ3) is 4.64. The number of hydrogen-bond donors (Lipinski definition) is 0. The van der Waals surface area contributed by atoms with Crippen LogP contribution >= 0.6 is 0 Å². The first-order chi connectivity index (χ1) is 13.6. The molecule has 3 rings (SSSR count). The van der Waals surface area contributed by atoms with Crippen LogP contribution in [0.5, 0.6) is 0 Å². The lowest BCUT2D eigenvalue weighted by molar-refractivity contribution is 0.0171. The van der Waals surface area contributed by atoms with Gasteiger partial charge < -0.3 is 14.4 Å². The number of ether oxygens (including phenoxy) is 2. The van der Waals surface area contributed by atoms with Crippen LogP contribution in [0.2, 0.25) is 0 Å². The van der Waals surface area contributed by atoms with Crippen LogP contribution in [0.3, 0.4) is 0 Å². The molecular weight excluding hydrogens is 379 g/mol. The van der Waals surface area contributed by atoms with Crippen LogP contribution in [-0.4, -0.2) is 65.7 Å². The molecule has 0 bridgehead atoms. The minimum Gasteiger partial charge on any atom is -0.444 e. The fourth-order valence-electron chi connectivity index (χ4n) is 3.21. The van der Waals surface area contributed by atoms with Gasteiger partial charge in [-0.3, -0.25) is 14.5 Å². The number of carbonyl (C=O) groups excluding carboxylic acids is 3. The van der Waals surface area contributed by atoms with E-state index >= 15 is 4.39 Å². The van der Waals surface area contributed by atoms with E-state index in [0.717, 1.165) is 4.90 Å². The summed E-state index contributed by atoms with van der Waals surface area (Å²) in [6.45, 7) is 6.72. The molecule has 3 amide bonds. The van der Waals surface area contributed by atoms with Gasteiger partial charge in [-0.25, -0.2) is 9.18 Å². The van der Waals surface area contributed by atoms with Crippen molar-refractivity contribution in [1.29, 1.82) is 0 Å². The predicted molar refractivity (Wildman–Crippen MR) is 103 cm³/mol. The number of amides is 3. The van der Waals surface area contributed by atoms with Crippen molar-refractivity contribution in [1.82, 2.24) is 9.80 Å².